The van der Waals surface area contributed by atoms with Crippen LogP contribution in [0.3, 0.4) is 0 Å². The predicted octanol–water partition coefficient (Wildman–Crippen LogP) is 6.33. The van der Waals surface area contributed by atoms with E-state index in [0.29, 0.717) is 0 Å². The molecule has 0 N–H and O–H groups in total. The molecule has 0 heterocycles. The third-order valence-electron chi connectivity index (χ3n) is 4.12. The SMILES string of the molecule is CC(Cl)Cc1ccc2c(ccc3ccccc32)c1CC(C)Cl. The Balaban J connectivity index is 2.28. The summed E-state index contributed by atoms with van der Waals surface area (Å²) in [7, 11) is 0. The molecule has 114 valence electrons. The maximum absolute atomic E-state index is 6.31. The number of alkyl halides is 2. The van der Waals surface area contributed by atoms with Crippen LogP contribution in [0, 0.1) is 0 Å². The Morgan fingerprint density at radius 2 is 1.41 bits per heavy atom. The van der Waals surface area contributed by atoms with E-state index in [9.17, 15) is 0 Å². The third kappa shape index (κ3) is 3.09. The molecule has 2 unspecified atom stereocenters. The molecular weight excluding hydrogens is 311 g/mol. The number of rotatable bonds is 4. The molecule has 0 bridgehead atoms. The van der Waals surface area contributed by atoms with Gasteiger partial charge in [-0.3, -0.25) is 0 Å². The molecule has 0 spiro atoms. The molecule has 3 aromatic carbocycles. The summed E-state index contributed by atoms with van der Waals surface area (Å²) in [6.07, 6.45) is 1.75. The standard InChI is InChI=1S/C20H20Cl2/c1-13(21)11-16-8-10-18-17-6-4-3-5-15(17)7-9-19(18)20(16)12-14(2)22/h3-10,13-14H,11-12H2,1-2H3. The van der Waals surface area contributed by atoms with Crippen LogP contribution in [0.1, 0.15) is 25.0 Å². The van der Waals surface area contributed by atoms with Crippen molar-refractivity contribution in [3.8, 4) is 0 Å². The van der Waals surface area contributed by atoms with Gasteiger partial charge in [0.1, 0.15) is 0 Å². The van der Waals surface area contributed by atoms with Gasteiger partial charge in [0.25, 0.3) is 0 Å². The highest BCUT2D eigenvalue weighted by atomic mass is 35.5. The summed E-state index contributed by atoms with van der Waals surface area (Å²) in [6.45, 7) is 4.09. The van der Waals surface area contributed by atoms with Gasteiger partial charge in [0.15, 0.2) is 0 Å². The van der Waals surface area contributed by atoms with Crippen LogP contribution in [0.2, 0.25) is 0 Å². The molecule has 0 amide bonds. The molecule has 0 fully saturated rings. The van der Waals surface area contributed by atoms with Crippen LogP contribution >= 0.6 is 23.2 Å². The number of hydrogen-bond acceptors (Lipinski definition) is 0. The van der Waals surface area contributed by atoms with Crippen molar-refractivity contribution in [3.05, 3.63) is 59.7 Å². The first kappa shape index (κ1) is 15.6. The Bertz CT molecular complexity index is 803. The summed E-state index contributed by atoms with van der Waals surface area (Å²) in [5.74, 6) is 0. The second-order valence-electron chi connectivity index (χ2n) is 6.05. The van der Waals surface area contributed by atoms with Crippen LogP contribution in [0.5, 0.6) is 0 Å². The van der Waals surface area contributed by atoms with E-state index in [1.165, 1.54) is 32.7 Å². The molecule has 0 nitrogen and oxygen atoms in total. The van der Waals surface area contributed by atoms with Gasteiger partial charge >= 0.3 is 0 Å². The van der Waals surface area contributed by atoms with E-state index in [0.717, 1.165) is 12.8 Å². The normalized spacial score (nSPS) is 14.4. The zero-order valence-corrected chi connectivity index (χ0v) is 14.5. The van der Waals surface area contributed by atoms with E-state index in [1.54, 1.807) is 0 Å². The summed E-state index contributed by atoms with van der Waals surface area (Å²) in [5, 5.41) is 5.42. The van der Waals surface area contributed by atoms with Gasteiger partial charge in [-0.1, -0.05) is 48.5 Å². The molecule has 0 aliphatic heterocycles. The van der Waals surface area contributed by atoms with Crippen molar-refractivity contribution in [2.45, 2.75) is 37.4 Å². The van der Waals surface area contributed by atoms with Gasteiger partial charge in [0.2, 0.25) is 0 Å². The minimum Gasteiger partial charge on any atom is -0.123 e. The van der Waals surface area contributed by atoms with E-state index in [1.807, 2.05) is 6.92 Å². The first-order chi connectivity index (χ1) is 10.6. The molecular formula is C20H20Cl2. The molecule has 0 aliphatic rings. The fraction of sp³-hybridized carbons (Fsp3) is 0.300. The fourth-order valence-corrected chi connectivity index (χ4v) is 3.53. The topological polar surface area (TPSA) is 0 Å². The van der Waals surface area contributed by atoms with E-state index in [-0.39, 0.29) is 10.8 Å². The molecule has 0 aromatic heterocycles. The number of benzene rings is 3. The fourth-order valence-electron chi connectivity index (χ4n) is 3.21. The molecule has 0 aliphatic carbocycles. The minimum absolute atomic E-state index is 0.112. The van der Waals surface area contributed by atoms with Gasteiger partial charge in [-0.05, 0) is 59.4 Å². The van der Waals surface area contributed by atoms with Crippen LogP contribution in [-0.2, 0) is 12.8 Å². The number of fused-ring (bicyclic) bond motifs is 3. The van der Waals surface area contributed by atoms with Gasteiger partial charge in [-0.2, -0.15) is 0 Å². The average molecular weight is 331 g/mol. The van der Waals surface area contributed by atoms with Gasteiger partial charge in [-0.25, -0.2) is 0 Å². The number of hydrogen-bond donors (Lipinski definition) is 0. The maximum Gasteiger partial charge on any atom is 0.0348 e. The zero-order valence-electron chi connectivity index (χ0n) is 12.9. The van der Waals surface area contributed by atoms with Gasteiger partial charge in [0.05, 0.1) is 0 Å². The van der Waals surface area contributed by atoms with Crippen molar-refractivity contribution in [2.24, 2.45) is 0 Å². The largest absolute Gasteiger partial charge is 0.123 e. The van der Waals surface area contributed by atoms with Crippen LogP contribution in [0.4, 0.5) is 0 Å². The molecule has 2 heteroatoms. The molecule has 0 saturated heterocycles. The van der Waals surface area contributed by atoms with Crippen LogP contribution in [-0.4, -0.2) is 10.8 Å². The maximum atomic E-state index is 6.31. The summed E-state index contributed by atoms with van der Waals surface area (Å²) >= 11 is 12.5. The van der Waals surface area contributed by atoms with Crippen LogP contribution < -0.4 is 0 Å². The van der Waals surface area contributed by atoms with Crippen molar-refractivity contribution in [3.63, 3.8) is 0 Å². The van der Waals surface area contributed by atoms with Crippen molar-refractivity contribution >= 4 is 44.7 Å². The highest BCUT2D eigenvalue weighted by molar-refractivity contribution is 6.21. The second kappa shape index (κ2) is 6.48. The minimum atomic E-state index is 0.112. The first-order valence-electron chi connectivity index (χ1n) is 7.76. The lowest BCUT2D eigenvalue weighted by Gasteiger charge is -2.16. The quantitative estimate of drug-likeness (QED) is 0.387. The van der Waals surface area contributed by atoms with E-state index in [4.69, 9.17) is 23.2 Å². The van der Waals surface area contributed by atoms with E-state index in [2.05, 4.69) is 55.5 Å². The zero-order chi connectivity index (χ0) is 15.7. The van der Waals surface area contributed by atoms with Crippen molar-refractivity contribution < 1.29 is 0 Å². The van der Waals surface area contributed by atoms with Crippen molar-refractivity contribution in [1.29, 1.82) is 0 Å². The lowest BCUT2D eigenvalue weighted by molar-refractivity contribution is 0.877. The van der Waals surface area contributed by atoms with Gasteiger partial charge < -0.3 is 0 Å². The Labute approximate surface area is 142 Å². The molecule has 22 heavy (non-hydrogen) atoms. The predicted molar refractivity (Wildman–Crippen MR) is 99.5 cm³/mol. The summed E-state index contributed by atoms with van der Waals surface area (Å²) < 4.78 is 0. The Morgan fingerprint density at radius 1 is 0.727 bits per heavy atom. The van der Waals surface area contributed by atoms with Gasteiger partial charge in [-0.15, -0.1) is 23.2 Å². The van der Waals surface area contributed by atoms with Crippen molar-refractivity contribution in [1.82, 2.24) is 0 Å². The summed E-state index contributed by atoms with van der Waals surface area (Å²) in [4.78, 5) is 0. The number of halogens is 2. The van der Waals surface area contributed by atoms with E-state index < -0.39 is 0 Å². The summed E-state index contributed by atoms with van der Waals surface area (Å²) in [5.41, 5.74) is 2.66. The highest BCUT2D eigenvalue weighted by Gasteiger charge is 2.13. The Kier molecular flexibility index (Phi) is 4.61. The summed E-state index contributed by atoms with van der Waals surface area (Å²) in [6, 6.07) is 17.4. The average Bonchev–Trinajstić information content (AvgIpc) is 2.48. The van der Waals surface area contributed by atoms with Crippen LogP contribution in [0.15, 0.2) is 48.5 Å². The monoisotopic (exact) mass is 330 g/mol. The Morgan fingerprint density at radius 3 is 2.14 bits per heavy atom. The Hall–Kier alpha value is -1.24. The smallest absolute Gasteiger partial charge is 0.0348 e. The lowest BCUT2D eigenvalue weighted by atomic mass is 9.91. The molecule has 3 rings (SSSR count). The second-order valence-corrected chi connectivity index (χ2v) is 7.54. The molecule has 0 radical (unpaired) electrons. The van der Waals surface area contributed by atoms with Crippen molar-refractivity contribution in [2.75, 3.05) is 0 Å². The van der Waals surface area contributed by atoms with Crippen LogP contribution in [0.25, 0.3) is 21.5 Å². The molecule has 0 saturated carbocycles. The van der Waals surface area contributed by atoms with Gasteiger partial charge in [0, 0.05) is 10.8 Å². The molecule has 3 aromatic rings. The van der Waals surface area contributed by atoms with E-state index >= 15 is 0 Å². The first-order valence-corrected chi connectivity index (χ1v) is 8.64. The lowest BCUT2D eigenvalue weighted by Crippen LogP contribution is -2.06. The molecule has 2 atom stereocenters. The highest BCUT2D eigenvalue weighted by Crippen LogP contribution is 2.31. The third-order valence-corrected chi connectivity index (χ3v) is 4.43.